The molecule has 10 heteroatoms. The fraction of sp³-hybridized carbons (Fsp3) is 0.118. The maximum absolute atomic E-state index is 12.5. The van der Waals surface area contributed by atoms with Gasteiger partial charge in [-0.1, -0.05) is 12.1 Å². The molecule has 27 heavy (non-hydrogen) atoms. The summed E-state index contributed by atoms with van der Waals surface area (Å²) in [5, 5.41) is 19.2. The minimum Gasteiger partial charge on any atom is -0.358 e. The molecule has 9 nitrogen and oxygen atoms in total. The normalized spacial score (nSPS) is 11.0. The standard InChI is InChI=1S/C17H14N6O3S/c1-21-13-5-3-2-4-12(13)18-17(21)19-16(24)14-8-11(10-27-14)9-22-7-6-15(20-22)23(25)26/h2-8,10H,9H2,1H3,(H,18,19,24). The zero-order valence-corrected chi connectivity index (χ0v) is 15.0. The molecule has 0 unspecified atom stereocenters. The van der Waals surface area contributed by atoms with Crippen LogP contribution in [0.4, 0.5) is 11.8 Å². The molecular weight excluding hydrogens is 368 g/mol. The first-order chi connectivity index (χ1) is 13.0. The van der Waals surface area contributed by atoms with E-state index < -0.39 is 4.92 Å². The molecule has 0 spiro atoms. The number of para-hydroxylation sites is 2. The molecule has 0 saturated carbocycles. The lowest BCUT2D eigenvalue weighted by atomic mass is 10.3. The van der Waals surface area contributed by atoms with E-state index in [1.54, 1.807) is 6.07 Å². The van der Waals surface area contributed by atoms with Crippen molar-refractivity contribution in [2.45, 2.75) is 6.54 Å². The lowest BCUT2D eigenvalue weighted by molar-refractivity contribution is -0.389. The van der Waals surface area contributed by atoms with Gasteiger partial charge in [-0.05, 0) is 34.1 Å². The molecule has 3 heterocycles. The van der Waals surface area contributed by atoms with Crippen molar-refractivity contribution in [1.82, 2.24) is 19.3 Å². The zero-order valence-electron chi connectivity index (χ0n) is 14.2. The van der Waals surface area contributed by atoms with Gasteiger partial charge < -0.3 is 14.7 Å². The number of benzene rings is 1. The van der Waals surface area contributed by atoms with Crippen molar-refractivity contribution in [3.05, 3.63) is 68.5 Å². The van der Waals surface area contributed by atoms with Gasteiger partial charge in [0.05, 0.1) is 39.8 Å². The molecule has 136 valence electrons. The van der Waals surface area contributed by atoms with E-state index in [4.69, 9.17) is 0 Å². The fourth-order valence-corrected chi connectivity index (χ4v) is 3.52. The van der Waals surface area contributed by atoms with Gasteiger partial charge in [-0.25, -0.2) is 4.98 Å². The molecule has 0 saturated heterocycles. The summed E-state index contributed by atoms with van der Waals surface area (Å²) in [4.78, 5) is 27.6. The van der Waals surface area contributed by atoms with Crippen LogP contribution in [-0.2, 0) is 13.6 Å². The predicted octanol–water partition coefficient (Wildman–Crippen LogP) is 3.04. The van der Waals surface area contributed by atoms with E-state index in [1.165, 1.54) is 28.3 Å². The van der Waals surface area contributed by atoms with Crippen LogP contribution < -0.4 is 5.32 Å². The number of aryl methyl sites for hydroxylation is 1. The highest BCUT2D eigenvalue weighted by Gasteiger charge is 2.16. The second-order valence-electron chi connectivity index (χ2n) is 5.89. The van der Waals surface area contributed by atoms with Crippen molar-refractivity contribution in [2.75, 3.05) is 5.32 Å². The summed E-state index contributed by atoms with van der Waals surface area (Å²) in [6, 6.07) is 10.7. The van der Waals surface area contributed by atoms with Crippen molar-refractivity contribution in [1.29, 1.82) is 0 Å². The van der Waals surface area contributed by atoms with Gasteiger partial charge in [-0.3, -0.25) is 10.1 Å². The Morgan fingerprint density at radius 2 is 2.15 bits per heavy atom. The smallest absolute Gasteiger partial charge is 0.358 e. The number of aromatic nitrogens is 4. The summed E-state index contributed by atoms with van der Waals surface area (Å²) in [6.45, 7) is 0.351. The highest BCUT2D eigenvalue weighted by Crippen LogP contribution is 2.21. The quantitative estimate of drug-likeness (QED) is 0.422. The summed E-state index contributed by atoms with van der Waals surface area (Å²) in [7, 11) is 1.84. The van der Waals surface area contributed by atoms with Crippen LogP contribution in [0.1, 0.15) is 15.2 Å². The average molecular weight is 382 g/mol. The minimum atomic E-state index is -0.542. The molecule has 0 aliphatic carbocycles. The summed E-state index contributed by atoms with van der Waals surface area (Å²) in [5.74, 6) is 0.0139. The number of carbonyl (C=O) groups is 1. The molecule has 0 fully saturated rings. The molecule has 0 radical (unpaired) electrons. The fourth-order valence-electron chi connectivity index (χ4n) is 2.72. The van der Waals surface area contributed by atoms with Gasteiger partial charge in [-0.2, -0.15) is 4.68 Å². The van der Waals surface area contributed by atoms with E-state index >= 15 is 0 Å². The van der Waals surface area contributed by atoms with Gasteiger partial charge in [-0.15, -0.1) is 11.3 Å². The second-order valence-corrected chi connectivity index (χ2v) is 6.80. The summed E-state index contributed by atoms with van der Waals surface area (Å²) in [6.07, 6.45) is 1.54. The number of rotatable bonds is 5. The molecule has 4 aromatic rings. The number of thiophene rings is 1. The van der Waals surface area contributed by atoms with E-state index in [-0.39, 0.29) is 11.7 Å². The van der Waals surface area contributed by atoms with Gasteiger partial charge >= 0.3 is 5.82 Å². The lowest BCUT2D eigenvalue weighted by Gasteiger charge is -2.03. The highest BCUT2D eigenvalue weighted by molar-refractivity contribution is 7.12. The third-order valence-corrected chi connectivity index (χ3v) is 5.03. The van der Waals surface area contributed by atoms with Crippen molar-refractivity contribution < 1.29 is 9.72 Å². The van der Waals surface area contributed by atoms with Crippen LogP contribution in [0.2, 0.25) is 0 Å². The first-order valence-electron chi connectivity index (χ1n) is 7.99. The number of nitrogens with one attached hydrogen (secondary N) is 1. The molecule has 3 aromatic heterocycles. The van der Waals surface area contributed by atoms with Crippen LogP contribution in [-0.4, -0.2) is 30.2 Å². The van der Waals surface area contributed by atoms with Crippen molar-refractivity contribution in [3.8, 4) is 0 Å². The Balaban J connectivity index is 1.49. The van der Waals surface area contributed by atoms with Crippen LogP contribution >= 0.6 is 11.3 Å². The number of imidazole rings is 1. The number of carbonyl (C=O) groups excluding carboxylic acids is 1. The number of fused-ring (bicyclic) bond motifs is 1. The average Bonchev–Trinajstić information content (AvgIpc) is 3.36. The van der Waals surface area contributed by atoms with E-state index in [1.807, 2.05) is 41.3 Å². The summed E-state index contributed by atoms with van der Waals surface area (Å²) >= 11 is 1.30. The maximum Gasteiger partial charge on any atom is 0.389 e. The lowest BCUT2D eigenvalue weighted by Crippen LogP contribution is -2.13. The maximum atomic E-state index is 12.5. The Morgan fingerprint density at radius 3 is 2.89 bits per heavy atom. The third-order valence-electron chi connectivity index (χ3n) is 4.05. The number of hydrogen-bond acceptors (Lipinski definition) is 6. The Morgan fingerprint density at radius 1 is 1.33 bits per heavy atom. The topological polar surface area (TPSA) is 108 Å². The molecule has 1 aromatic carbocycles. The molecule has 1 N–H and O–H groups in total. The van der Waals surface area contributed by atoms with Crippen molar-refractivity contribution in [3.63, 3.8) is 0 Å². The van der Waals surface area contributed by atoms with Crippen LogP contribution in [0.5, 0.6) is 0 Å². The van der Waals surface area contributed by atoms with Gasteiger partial charge in [0.2, 0.25) is 5.95 Å². The monoisotopic (exact) mass is 382 g/mol. The van der Waals surface area contributed by atoms with Crippen LogP contribution in [0.3, 0.4) is 0 Å². The van der Waals surface area contributed by atoms with E-state index in [0.717, 1.165) is 16.6 Å². The number of amides is 1. The number of nitrogens with zero attached hydrogens (tertiary/aromatic N) is 5. The molecule has 4 rings (SSSR count). The second kappa shape index (κ2) is 6.65. The van der Waals surface area contributed by atoms with Crippen LogP contribution in [0.25, 0.3) is 11.0 Å². The minimum absolute atomic E-state index is 0.204. The third kappa shape index (κ3) is 3.29. The van der Waals surface area contributed by atoms with Gasteiger partial charge in [0, 0.05) is 7.05 Å². The zero-order chi connectivity index (χ0) is 19.0. The van der Waals surface area contributed by atoms with E-state index in [9.17, 15) is 14.9 Å². The Hall–Kier alpha value is -3.53. The largest absolute Gasteiger partial charge is 0.389 e. The van der Waals surface area contributed by atoms with Gasteiger partial charge in [0.25, 0.3) is 5.91 Å². The first-order valence-corrected chi connectivity index (χ1v) is 8.87. The van der Waals surface area contributed by atoms with Crippen molar-refractivity contribution >= 4 is 40.0 Å². The Kier molecular flexibility index (Phi) is 4.16. The van der Waals surface area contributed by atoms with Crippen LogP contribution in [0.15, 0.2) is 48.0 Å². The molecule has 0 aliphatic rings. The van der Waals surface area contributed by atoms with Crippen molar-refractivity contribution in [2.24, 2.45) is 7.05 Å². The SMILES string of the molecule is Cn1c(NC(=O)c2cc(Cn3ccc([N+](=O)[O-])n3)cs2)nc2ccccc21. The Bertz CT molecular complexity index is 1160. The van der Waals surface area contributed by atoms with E-state index in [2.05, 4.69) is 15.4 Å². The predicted molar refractivity (Wildman–Crippen MR) is 101 cm³/mol. The number of hydrogen-bond donors (Lipinski definition) is 1. The molecule has 0 aliphatic heterocycles. The molecule has 0 bridgehead atoms. The molecule has 0 atom stereocenters. The first kappa shape index (κ1) is 16.9. The van der Waals surface area contributed by atoms with Crippen LogP contribution in [0, 0.1) is 10.1 Å². The van der Waals surface area contributed by atoms with Gasteiger partial charge in [0.1, 0.15) is 0 Å². The Labute approximate surface area is 157 Å². The molecular formula is C17H14N6O3S. The van der Waals surface area contributed by atoms with E-state index in [0.29, 0.717) is 17.4 Å². The highest BCUT2D eigenvalue weighted by atomic mass is 32.1. The number of nitro groups is 1. The van der Waals surface area contributed by atoms with Gasteiger partial charge in [0.15, 0.2) is 0 Å². The molecule has 1 amide bonds. The summed E-state index contributed by atoms with van der Waals surface area (Å²) in [5.41, 5.74) is 2.58. The summed E-state index contributed by atoms with van der Waals surface area (Å²) < 4.78 is 3.29. The number of anilines is 1.